The largest absolute Gasteiger partial charge is 0.384 e. The Labute approximate surface area is 150 Å². The highest BCUT2D eigenvalue weighted by molar-refractivity contribution is 5.84. The molecule has 2 heterocycles. The average molecular weight is 348 g/mol. The van der Waals surface area contributed by atoms with Gasteiger partial charge in [-0.15, -0.1) is 0 Å². The van der Waals surface area contributed by atoms with Crippen molar-refractivity contribution in [2.75, 3.05) is 26.8 Å². The number of rotatable bonds is 8. The van der Waals surface area contributed by atoms with Gasteiger partial charge in [-0.25, -0.2) is 4.98 Å². The molecule has 0 unspecified atom stereocenters. The van der Waals surface area contributed by atoms with Crippen molar-refractivity contribution >= 4 is 5.91 Å². The summed E-state index contributed by atoms with van der Waals surface area (Å²) in [5.74, 6) is 1.80. The third kappa shape index (κ3) is 3.90. The van der Waals surface area contributed by atoms with Crippen LogP contribution in [0.2, 0.25) is 0 Å². The zero-order chi connectivity index (χ0) is 17.9. The summed E-state index contributed by atoms with van der Waals surface area (Å²) >= 11 is 0. The molecule has 1 saturated heterocycles. The van der Waals surface area contributed by atoms with E-state index in [2.05, 4.69) is 26.7 Å². The van der Waals surface area contributed by atoms with Gasteiger partial charge in [0.15, 0.2) is 0 Å². The lowest BCUT2D eigenvalue weighted by Gasteiger charge is -2.40. The predicted octanol–water partition coefficient (Wildman–Crippen LogP) is 1.95. The molecule has 2 aliphatic rings. The maximum atomic E-state index is 12.9. The Bertz CT molecular complexity index is 582. The number of methoxy groups -OCH3 is 1. The topological polar surface area (TPSA) is 59.4 Å². The van der Waals surface area contributed by atoms with Crippen molar-refractivity contribution in [2.24, 2.45) is 18.4 Å². The van der Waals surface area contributed by atoms with Crippen LogP contribution < -0.4 is 5.32 Å². The normalized spacial score (nSPS) is 25.7. The van der Waals surface area contributed by atoms with Gasteiger partial charge in [0.05, 0.1) is 18.6 Å². The molecule has 6 nitrogen and oxygen atoms in total. The van der Waals surface area contributed by atoms with Crippen LogP contribution >= 0.6 is 0 Å². The van der Waals surface area contributed by atoms with Gasteiger partial charge in [-0.05, 0) is 25.2 Å². The number of amides is 1. The summed E-state index contributed by atoms with van der Waals surface area (Å²) < 4.78 is 7.40. The third-order valence-corrected chi connectivity index (χ3v) is 5.99. The van der Waals surface area contributed by atoms with Crippen LogP contribution in [0.15, 0.2) is 12.4 Å². The predicted molar refractivity (Wildman–Crippen MR) is 97.0 cm³/mol. The smallest absolute Gasteiger partial charge is 0.228 e. The number of aryl methyl sites for hydroxylation is 1. The molecule has 0 aromatic carbocycles. The van der Waals surface area contributed by atoms with E-state index in [0.717, 1.165) is 57.6 Å². The molecule has 0 radical (unpaired) electrons. The molecule has 1 N–H and O–H groups in total. The van der Waals surface area contributed by atoms with Crippen LogP contribution in [0, 0.1) is 11.3 Å². The number of hydrogen-bond donors (Lipinski definition) is 1. The molecule has 0 spiro atoms. The zero-order valence-corrected chi connectivity index (χ0v) is 15.8. The number of imidazole rings is 1. The van der Waals surface area contributed by atoms with E-state index in [1.807, 2.05) is 19.4 Å². The average Bonchev–Trinajstić information content (AvgIpc) is 3.11. The molecule has 1 aromatic heterocycles. The fraction of sp³-hybridized carbons (Fsp3) is 0.789. The van der Waals surface area contributed by atoms with E-state index < -0.39 is 0 Å². The van der Waals surface area contributed by atoms with E-state index in [1.165, 1.54) is 0 Å². The molecular weight excluding hydrogens is 316 g/mol. The number of hydrogen-bond acceptors (Lipinski definition) is 4. The first-order valence-electron chi connectivity index (χ1n) is 9.56. The zero-order valence-electron chi connectivity index (χ0n) is 15.8. The van der Waals surface area contributed by atoms with Crippen LogP contribution in [0.1, 0.15) is 44.9 Å². The number of nitrogens with one attached hydrogen (secondary N) is 1. The minimum absolute atomic E-state index is 0.200. The van der Waals surface area contributed by atoms with Crippen molar-refractivity contribution < 1.29 is 9.53 Å². The highest BCUT2D eigenvalue weighted by atomic mass is 16.5. The second-order valence-corrected chi connectivity index (χ2v) is 7.84. The van der Waals surface area contributed by atoms with Gasteiger partial charge in [-0.1, -0.05) is 19.8 Å². The molecule has 0 bridgehead atoms. The number of ether oxygens (including phenoxy) is 1. The van der Waals surface area contributed by atoms with Crippen molar-refractivity contribution in [3.63, 3.8) is 0 Å². The van der Waals surface area contributed by atoms with Crippen LogP contribution in [0.5, 0.6) is 0 Å². The Morgan fingerprint density at radius 3 is 2.80 bits per heavy atom. The van der Waals surface area contributed by atoms with Crippen LogP contribution in [0.4, 0.5) is 0 Å². The quantitative estimate of drug-likeness (QED) is 0.780. The highest BCUT2D eigenvalue weighted by Crippen LogP contribution is 2.41. The summed E-state index contributed by atoms with van der Waals surface area (Å²) in [6, 6.07) is 0.238. The second-order valence-electron chi connectivity index (χ2n) is 7.84. The summed E-state index contributed by atoms with van der Waals surface area (Å²) in [5.41, 5.74) is -0.279. The van der Waals surface area contributed by atoms with Gasteiger partial charge in [0.2, 0.25) is 5.91 Å². The number of aromatic nitrogens is 2. The third-order valence-electron chi connectivity index (χ3n) is 5.99. The lowest BCUT2D eigenvalue weighted by Crippen LogP contribution is -2.53. The van der Waals surface area contributed by atoms with Crippen molar-refractivity contribution in [2.45, 2.75) is 51.6 Å². The summed E-state index contributed by atoms with van der Waals surface area (Å²) in [6.45, 7) is 5.55. The van der Waals surface area contributed by atoms with Gasteiger partial charge in [-0.3, -0.25) is 9.69 Å². The Balaban J connectivity index is 1.62. The summed E-state index contributed by atoms with van der Waals surface area (Å²) in [4.78, 5) is 19.8. The molecule has 1 saturated carbocycles. The molecule has 140 valence electrons. The Morgan fingerprint density at radius 2 is 2.24 bits per heavy atom. The Morgan fingerprint density at radius 1 is 1.44 bits per heavy atom. The van der Waals surface area contributed by atoms with Gasteiger partial charge in [0, 0.05) is 45.7 Å². The van der Waals surface area contributed by atoms with E-state index in [-0.39, 0.29) is 17.4 Å². The Kier molecular flexibility index (Phi) is 5.79. The Hall–Kier alpha value is -1.40. The van der Waals surface area contributed by atoms with Crippen LogP contribution in [-0.2, 0) is 23.1 Å². The molecule has 1 amide bonds. The second kappa shape index (κ2) is 7.87. The minimum Gasteiger partial charge on any atom is -0.384 e. The van der Waals surface area contributed by atoms with Crippen molar-refractivity contribution in [1.29, 1.82) is 0 Å². The van der Waals surface area contributed by atoms with Crippen molar-refractivity contribution in [1.82, 2.24) is 19.8 Å². The van der Waals surface area contributed by atoms with E-state index >= 15 is 0 Å². The standard InChI is InChI=1S/C19H32N4O2/c1-4-6-15-11-23(13-17-20-9-10-22(17)2)12-16(15)21-18(24)19(14-25-3)7-5-8-19/h9-10,15-16H,4-8,11-14H2,1-3H3,(H,21,24)/t15-,16-/m1/s1. The fourth-order valence-electron chi connectivity index (χ4n) is 4.30. The minimum atomic E-state index is -0.279. The van der Waals surface area contributed by atoms with E-state index in [1.54, 1.807) is 7.11 Å². The van der Waals surface area contributed by atoms with Crippen LogP contribution in [0.25, 0.3) is 0 Å². The van der Waals surface area contributed by atoms with E-state index in [0.29, 0.717) is 12.5 Å². The SMILES string of the molecule is CCC[C@@H]1CN(Cc2nccn2C)C[C@H]1NC(=O)C1(COC)CCC1. The van der Waals surface area contributed by atoms with E-state index in [4.69, 9.17) is 4.74 Å². The first-order valence-corrected chi connectivity index (χ1v) is 9.56. The molecule has 2 fully saturated rings. The van der Waals surface area contributed by atoms with Gasteiger partial charge in [0.25, 0.3) is 0 Å². The highest BCUT2D eigenvalue weighted by Gasteiger charge is 2.46. The summed E-state index contributed by atoms with van der Waals surface area (Å²) in [6.07, 6.45) is 9.17. The maximum Gasteiger partial charge on any atom is 0.228 e. The molecule has 1 aliphatic heterocycles. The lowest BCUT2D eigenvalue weighted by molar-refractivity contribution is -0.141. The molecule has 2 atom stereocenters. The molecule has 25 heavy (non-hydrogen) atoms. The fourth-order valence-corrected chi connectivity index (χ4v) is 4.30. The van der Waals surface area contributed by atoms with Crippen LogP contribution in [-0.4, -0.2) is 53.2 Å². The van der Waals surface area contributed by atoms with Gasteiger partial charge >= 0.3 is 0 Å². The van der Waals surface area contributed by atoms with Gasteiger partial charge in [-0.2, -0.15) is 0 Å². The van der Waals surface area contributed by atoms with Crippen LogP contribution in [0.3, 0.4) is 0 Å². The monoisotopic (exact) mass is 348 g/mol. The first kappa shape index (κ1) is 18.4. The van der Waals surface area contributed by atoms with Gasteiger partial charge in [0.1, 0.15) is 5.82 Å². The van der Waals surface area contributed by atoms with Gasteiger partial charge < -0.3 is 14.6 Å². The molecule has 1 aromatic rings. The molecule has 6 heteroatoms. The number of carbonyl (C=O) groups is 1. The van der Waals surface area contributed by atoms with Crippen molar-refractivity contribution in [3.8, 4) is 0 Å². The molecular formula is C19H32N4O2. The summed E-state index contributed by atoms with van der Waals surface area (Å²) in [7, 11) is 3.73. The molecule has 3 rings (SSSR count). The maximum absolute atomic E-state index is 12.9. The van der Waals surface area contributed by atoms with E-state index in [9.17, 15) is 4.79 Å². The lowest BCUT2D eigenvalue weighted by atomic mass is 9.68. The number of likely N-dealkylation sites (tertiary alicyclic amines) is 1. The molecule has 1 aliphatic carbocycles. The number of nitrogens with zero attached hydrogens (tertiary/aromatic N) is 3. The summed E-state index contributed by atoms with van der Waals surface area (Å²) in [5, 5.41) is 3.38. The number of carbonyl (C=O) groups excluding carboxylic acids is 1. The van der Waals surface area contributed by atoms with Crippen molar-refractivity contribution in [3.05, 3.63) is 18.2 Å². The first-order chi connectivity index (χ1) is 12.1.